The Kier molecular flexibility index (Phi) is 10.9. The lowest BCUT2D eigenvalue weighted by Gasteiger charge is -2.32. The lowest BCUT2D eigenvalue weighted by atomic mass is 9.75. The van der Waals surface area contributed by atoms with E-state index in [0.717, 1.165) is 42.0 Å². The highest BCUT2D eigenvalue weighted by Gasteiger charge is 2.34. The van der Waals surface area contributed by atoms with Gasteiger partial charge in [-0.15, -0.1) is 0 Å². The summed E-state index contributed by atoms with van der Waals surface area (Å²) >= 11 is -0.112. The minimum Gasteiger partial charge on any atom is -0.616 e. The van der Waals surface area contributed by atoms with Crippen LogP contribution < -0.4 is 5.32 Å². The highest BCUT2D eigenvalue weighted by Crippen LogP contribution is 2.40. The molecule has 11 heteroatoms. The van der Waals surface area contributed by atoms with Gasteiger partial charge in [-0.3, -0.25) is 10.4 Å². The van der Waals surface area contributed by atoms with Gasteiger partial charge in [0.1, 0.15) is 29.3 Å². The van der Waals surface area contributed by atoms with Crippen LogP contribution in [-0.2, 0) is 34.2 Å². The number of carbonyl (C=O) groups is 1. The maximum absolute atomic E-state index is 15.7. The Morgan fingerprint density at radius 2 is 1.96 bits per heavy atom. The Balaban J connectivity index is 1.62. The predicted octanol–water partition coefficient (Wildman–Crippen LogP) is 7.53. The summed E-state index contributed by atoms with van der Waals surface area (Å²) in [4.78, 5) is 24.0. The van der Waals surface area contributed by atoms with Crippen molar-refractivity contribution >= 4 is 51.8 Å². The number of aryl methyl sites for hydroxylation is 2. The molecule has 2 aromatic heterocycles. The number of aromatic nitrogens is 2. The van der Waals surface area contributed by atoms with Crippen molar-refractivity contribution in [3.05, 3.63) is 88.9 Å². The maximum Gasteiger partial charge on any atom is 0.184 e. The van der Waals surface area contributed by atoms with Crippen molar-refractivity contribution in [3.63, 3.8) is 0 Å². The highest BCUT2D eigenvalue weighted by atomic mass is 32.2. The van der Waals surface area contributed by atoms with E-state index in [-0.39, 0.29) is 21.7 Å². The number of aliphatic imine (C=N–C) groups is 1. The minimum absolute atomic E-state index is 0.103. The van der Waals surface area contributed by atoms with E-state index in [1.165, 1.54) is 0 Å². The number of hydrogen-bond donors (Lipinski definition) is 3. The van der Waals surface area contributed by atoms with Crippen LogP contribution in [0.1, 0.15) is 68.8 Å². The van der Waals surface area contributed by atoms with Crippen LogP contribution in [0.5, 0.6) is 0 Å². The SMILES string of the molecule is CN/C1=N\C(=N)[C@@](C)(c2cccc(CCC=O)c2)CCCC(C)(C)C[S+]([O-])CCc2c(c(F)c(F)c3[nH]ccc23)Sc2ccnc1c2. The number of nitrogens with zero attached hydrogens (tertiary/aromatic N) is 2. The average molecular weight is 678 g/mol. The molecule has 47 heavy (non-hydrogen) atoms. The van der Waals surface area contributed by atoms with E-state index in [4.69, 9.17) is 4.99 Å². The van der Waals surface area contributed by atoms with Crippen LogP contribution in [0.15, 0.2) is 69.6 Å². The first-order valence-electron chi connectivity index (χ1n) is 15.8. The van der Waals surface area contributed by atoms with Crippen LogP contribution in [0.25, 0.3) is 10.9 Å². The molecule has 0 saturated heterocycles. The molecule has 1 aliphatic rings. The molecule has 248 valence electrons. The Bertz CT molecular complexity index is 1810. The summed E-state index contributed by atoms with van der Waals surface area (Å²) in [6.07, 6.45) is 7.60. The number of aldehydes is 1. The van der Waals surface area contributed by atoms with Crippen molar-refractivity contribution in [3.8, 4) is 0 Å². The molecule has 0 spiro atoms. The summed E-state index contributed by atoms with van der Waals surface area (Å²) in [5.74, 6) is -0.600. The van der Waals surface area contributed by atoms with E-state index < -0.39 is 28.2 Å². The van der Waals surface area contributed by atoms with Gasteiger partial charge in [-0.2, -0.15) is 0 Å². The van der Waals surface area contributed by atoms with Crippen molar-refractivity contribution in [1.29, 1.82) is 5.41 Å². The molecular weight excluding hydrogens is 637 g/mol. The largest absolute Gasteiger partial charge is 0.616 e. The molecule has 1 aliphatic heterocycles. The van der Waals surface area contributed by atoms with E-state index >= 15 is 8.78 Å². The topological polar surface area (TPSA) is 117 Å². The third kappa shape index (κ3) is 7.79. The van der Waals surface area contributed by atoms with Gasteiger partial charge in [0.15, 0.2) is 17.5 Å². The van der Waals surface area contributed by atoms with Crippen molar-refractivity contribution < 1.29 is 18.1 Å². The number of carbonyl (C=O) groups excluding carboxylic acids is 1. The van der Waals surface area contributed by atoms with Gasteiger partial charge in [0.05, 0.1) is 15.8 Å². The molecule has 3 heterocycles. The van der Waals surface area contributed by atoms with Gasteiger partial charge in [0.2, 0.25) is 0 Å². The number of aromatic amines is 1. The molecule has 2 atom stereocenters. The van der Waals surface area contributed by atoms with Gasteiger partial charge >= 0.3 is 0 Å². The summed E-state index contributed by atoms with van der Waals surface area (Å²) in [5.41, 5.74) is 2.09. The van der Waals surface area contributed by atoms with Crippen LogP contribution in [-0.4, -0.2) is 51.0 Å². The van der Waals surface area contributed by atoms with Gasteiger partial charge in [0, 0.05) is 48.0 Å². The van der Waals surface area contributed by atoms with Crippen molar-refractivity contribution in [1.82, 2.24) is 15.3 Å². The summed E-state index contributed by atoms with van der Waals surface area (Å²) in [6, 6.07) is 13.2. The number of hydrogen-bond acceptors (Lipinski definition) is 6. The Labute approximate surface area is 282 Å². The van der Waals surface area contributed by atoms with Crippen LogP contribution in [0.3, 0.4) is 0 Å². The molecular formula is C36H41F2N5O2S2. The van der Waals surface area contributed by atoms with Gasteiger partial charge in [0.25, 0.3) is 0 Å². The van der Waals surface area contributed by atoms with Gasteiger partial charge in [-0.25, -0.2) is 13.8 Å². The molecule has 2 aromatic carbocycles. The predicted molar refractivity (Wildman–Crippen MR) is 187 cm³/mol. The second-order valence-electron chi connectivity index (χ2n) is 13.0. The molecule has 0 radical (unpaired) electrons. The van der Waals surface area contributed by atoms with Crippen LogP contribution in [0.2, 0.25) is 0 Å². The van der Waals surface area contributed by atoms with E-state index in [9.17, 15) is 14.8 Å². The zero-order chi connectivity index (χ0) is 33.8. The van der Waals surface area contributed by atoms with Crippen LogP contribution in [0, 0.1) is 22.5 Å². The summed E-state index contributed by atoms with van der Waals surface area (Å²) < 4.78 is 44.4. The third-order valence-corrected chi connectivity index (χ3v) is 11.8. The molecule has 2 bridgehead atoms. The molecule has 0 amide bonds. The molecule has 4 aromatic rings. The molecule has 1 unspecified atom stereocenters. The lowest BCUT2D eigenvalue weighted by Crippen LogP contribution is -2.34. The first-order chi connectivity index (χ1) is 22.5. The van der Waals surface area contributed by atoms with Crippen molar-refractivity contribution in [2.24, 2.45) is 10.4 Å². The number of amidine groups is 2. The Morgan fingerprint density at radius 3 is 2.72 bits per heavy atom. The number of H-pyrrole nitrogens is 1. The summed E-state index contributed by atoms with van der Waals surface area (Å²) in [6.45, 7) is 6.22. The summed E-state index contributed by atoms with van der Waals surface area (Å²) in [5, 5.41) is 13.0. The lowest BCUT2D eigenvalue weighted by molar-refractivity contribution is -0.107. The fourth-order valence-electron chi connectivity index (χ4n) is 6.23. The first kappa shape index (κ1) is 34.8. The number of pyridine rings is 1. The maximum atomic E-state index is 15.7. The fraction of sp³-hybridized carbons (Fsp3) is 0.389. The zero-order valence-electron chi connectivity index (χ0n) is 27.2. The van der Waals surface area contributed by atoms with E-state index in [1.807, 2.05) is 25.1 Å². The van der Waals surface area contributed by atoms with Gasteiger partial charge in [-0.05, 0) is 61.1 Å². The summed E-state index contributed by atoms with van der Waals surface area (Å²) in [7, 11) is 1.71. The monoisotopic (exact) mass is 677 g/mol. The average Bonchev–Trinajstić information content (AvgIpc) is 3.54. The number of benzene rings is 2. The Hall–Kier alpha value is -3.54. The van der Waals surface area contributed by atoms with Gasteiger partial charge < -0.3 is 19.6 Å². The molecule has 0 aliphatic carbocycles. The zero-order valence-corrected chi connectivity index (χ0v) is 28.8. The second kappa shape index (κ2) is 14.7. The smallest absolute Gasteiger partial charge is 0.184 e. The van der Waals surface area contributed by atoms with Gasteiger partial charge in [-0.1, -0.05) is 67.5 Å². The number of fused-ring (bicyclic) bond motifs is 5. The van der Waals surface area contributed by atoms with Crippen molar-refractivity contribution in [2.45, 2.75) is 74.5 Å². The van der Waals surface area contributed by atoms with E-state index in [2.05, 4.69) is 35.2 Å². The van der Waals surface area contributed by atoms with Crippen LogP contribution >= 0.6 is 11.8 Å². The standard InChI is InChI=1S/C36H41F2N5O2S2/c1-35(2)14-7-15-36(3,24-10-5-8-23(20-24)9-6-18-44)34(39)43-33(40-4)28-21-25(11-16-41-28)46-32-27(13-19-47(45)22-35)26-12-17-42-31(26)29(37)30(32)38/h5,8,10-12,16-18,20-21,42H,6-7,9,13-15,19,22H2,1-4H3,(H2,39,40,43)/t36-,47?/m1/s1. The van der Waals surface area contributed by atoms with E-state index in [0.29, 0.717) is 64.6 Å². The quantitative estimate of drug-likeness (QED) is 0.153. The van der Waals surface area contributed by atoms with Crippen molar-refractivity contribution in [2.75, 3.05) is 18.6 Å². The first-order valence-corrected chi connectivity index (χ1v) is 18.1. The third-order valence-electron chi connectivity index (χ3n) is 8.91. The molecule has 3 N–H and O–H groups in total. The molecule has 0 saturated carbocycles. The molecule has 0 fully saturated rings. The number of nitrogens with one attached hydrogen (secondary N) is 3. The number of rotatable bonds is 4. The molecule has 7 nitrogen and oxygen atoms in total. The minimum atomic E-state index is -1.21. The highest BCUT2D eigenvalue weighted by molar-refractivity contribution is 7.99. The number of halogens is 2. The Morgan fingerprint density at radius 1 is 1.15 bits per heavy atom. The molecule has 5 rings (SSSR count). The normalized spacial score (nSPS) is 22.1. The van der Waals surface area contributed by atoms with Crippen LogP contribution in [0.4, 0.5) is 8.78 Å². The second-order valence-corrected chi connectivity index (χ2v) is 15.7. The van der Waals surface area contributed by atoms with E-state index in [1.54, 1.807) is 37.6 Å². The fourth-order valence-corrected chi connectivity index (χ4v) is 8.87.